The van der Waals surface area contributed by atoms with Crippen molar-refractivity contribution in [1.82, 2.24) is 0 Å². The van der Waals surface area contributed by atoms with Crippen LogP contribution in [0.1, 0.15) is 45.4 Å². The number of rotatable bonds is 6. The number of ether oxygens (including phenoxy) is 1. The maximum atomic E-state index is 11.6. The molecule has 22 heavy (non-hydrogen) atoms. The standard InChI is InChI=1S/C20H28O2/c1-6-16(19(21)22-5)8-7-10-20-11-9-17(15(4)13-20)12-18(20)14(2)3/h6,8,17-18H,1-2,4,7,9-13H2,3,5H3/b16-8-/t17-,18-,20-/m0/s1. The Balaban J connectivity index is 2.12. The van der Waals surface area contributed by atoms with Gasteiger partial charge in [-0.15, -0.1) is 0 Å². The molecule has 2 nitrogen and oxygen atoms in total. The summed E-state index contributed by atoms with van der Waals surface area (Å²) in [5.74, 6) is 0.981. The molecule has 120 valence electrons. The van der Waals surface area contributed by atoms with E-state index in [-0.39, 0.29) is 11.4 Å². The van der Waals surface area contributed by atoms with Gasteiger partial charge in [0, 0.05) is 0 Å². The van der Waals surface area contributed by atoms with E-state index in [4.69, 9.17) is 4.74 Å². The molecule has 0 aromatic heterocycles. The van der Waals surface area contributed by atoms with Crippen LogP contribution in [0.3, 0.4) is 0 Å². The van der Waals surface area contributed by atoms with Gasteiger partial charge in [0.15, 0.2) is 0 Å². The lowest BCUT2D eigenvalue weighted by atomic mass is 9.51. The Labute approximate surface area is 134 Å². The lowest BCUT2D eigenvalue weighted by Gasteiger charge is -2.54. The van der Waals surface area contributed by atoms with Gasteiger partial charge in [-0.05, 0) is 62.7 Å². The third-order valence-electron chi connectivity index (χ3n) is 5.65. The first-order valence-corrected chi connectivity index (χ1v) is 8.17. The van der Waals surface area contributed by atoms with E-state index in [1.807, 2.05) is 6.08 Å². The highest BCUT2D eigenvalue weighted by molar-refractivity contribution is 5.91. The van der Waals surface area contributed by atoms with Crippen LogP contribution in [-0.2, 0) is 9.53 Å². The SMILES string of the molecule is C=C/C(=C/CC[C@@]12CC[C@@H](C[C@H]1C(=C)C)C(=C)C2)C(=O)OC. The van der Waals surface area contributed by atoms with Gasteiger partial charge >= 0.3 is 5.97 Å². The van der Waals surface area contributed by atoms with Crippen molar-refractivity contribution < 1.29 is 9.53 Å². The van der Waals surface area contributed by atoms with Gasteiger partial charge in [-0.1, -0.05) is 43.0 Å². The van der Waals surface area contributed by atoms with Crippen molar-refractivity contribution in [2.75, 3.05) is 7.11 Å². The average Bonchev–Trinajstić information content (AvgIpc) is 2.51. The van der Waals surface area contributed by atoms with E-state index in [1.54, 1.807) is 6.08 Å². The van der Waals surface area contributed by atoms with E-state index in [2.05, 4.69) is 26.7 Å². The minimum Gasteiger partial charge on any atom is -0.465 e. The zero-order valence-electron chi connectivity index (χ0n) is 14.0. The van der Waals surface area contributed by atoms with E-state index in [0.717, 1.165) is 19.3 Å². The van der Waals surface area contributed by atoms with E-state index in [1.165, 1.54) is 37.5 Å². The van der Waals surface area contributed by atoms with Crippen LogP contribution < -0.4 is 0 Å². The summed E-state index contributed by atoms with van der Waals surface area (Å²) in [6.45, 7) is 14.4. The molecular weight excluding hydrogens is 272 g/mol. The molecule has 3 rings (SSSR count). The van der Waals surface area contributed by atoms with Gasteiger partial charge in [0.25, 0.3) is 0 Å². The Morgan fingerprint density at radius 1 is 1.50 bits per heavy atom. The highest BCUT2D eigenvalue weighted by Gasteiger charge is 2.48. The second-order valence-electron chi connectivity index (χ2n) is 6.96. The molecule has 0 aromatic carbocycles. The van der Waals surface area contributed by atoms with Crippen LogP contribution in [0.4, 0.5) is 0 Å². The molecule has 2 heteroatoms. The van der Waals surface area contributed by atoms with Gasteiger partial charge in [0.05, 0.1) is 12.7 Å². The number of hydrogen-bond donors (Lipinski definition) is 0. The number of allylic oxidation sites excluding steroid dienone is 3. The van der Waals surface area contributed by atoms with E-state index >= 15 is 0 Å². The fraction of sp³-hybridized carbons (Fsp3) is 0.550. The summed E-state index contributed by atoms with van der Waals surface area (Å²) in [6, 6.07) is 0. The fourth-order valence-corrected chi connectivity index (χ4v) is 4.46. The molecule has 0 N–H and O–H groups in total. The summed E-state index contributed by atoms with van der Waals surface area (Å²) in [5.41, 5.74) is 3.58. The Morgan fingerprint density at radius 3 is 2.77 bits per heavy atom. The molecule has 2 bridgehead atoms. The number of hydrogen-bond acceptors (Lipinski definition) is 2. The van der Waals surface area contributed by atoms with Crippen LogP contribution in [0.2, 0.25) is 0 Å². The van der Waals surface area contributed by atoms with Gasteiger partial charge in [-0.2, -0.15) is 0 Å². The second-order valence-corrected chi connectivity index (χ2v) is 6.96. The largest absolute Gasteiger partial charge is 0.465 e. The molecular formula is C20H28O2. The van der Waals surface area contributed by atoms with Crippen molar-refractivity contribution in [2.45, 2.75) is 45.4 Å². The molecule has 3 fully saturated rings. The molecule has 0 aromatic rings. The van der Waals surface area contributed by atoms with E-state index < -0.39 is 0 Å². The molecule has 3 aliphatic carbocycles. The van der Waals surface area contributed by atoms with Crippen molar-refractivity contribution in [2.24, 2.45) is 17.3 Å². The zero-order valence-corrected chi connectivity index (χ0v) is 14.0. The second kappa shape index (κ2) is 6.68. The van der Waals surface area contributed by atoms with Crippen LogP contribution in [0.5, 0.6) is 0 Å². The third-order valence-corrected chi connectivity index (χ3v) is 5.65. The number of carbonyl (C=O) groups excluding carboxylic acids is 1. The summed E-state index contributed by atoms with van der Waals surface area (Å²) in [4.78, 5) is 11.6. The lowest BCUT2D eigenvalue weighted by Crippen LogP contribution is -2.43. The van der Waals surface area contributed by atoms with Crippen molar-refractivity contribution in [3.05, 3.63) is 48.6 Å². The molecule has 0 aliphatic heterocycles. The molecule has 0 heterocycles. The number of methoxy groups -OCH3 is 1. The van der Waals surface area contributed by atoms with Gasteiger partial charge in [-0.25, -0.2) is 4.79 Å². The first kappa shape index (κ1) is 16.8. The fourth-order valence-electron chi connectivity index (χ4n) is 4.46. The molecule has 0 unspecified atom stereocenters. The van der Waals surface area contributed by atoms with Crippen LogP contribution in [0.15, 0.2) is 48.6 Å². The predicted molar refractivity (Wildman–Crippen MR) is 91.4 cm³/mol. The maximum Gasteiger partial charge on any atom is 0.337 e. The number of carbonyl (C=O) groups is 1. The first-order valence-electron chi connectivity index (χ1n) is 8.17. The molecule has 0 radical (unpaired) electrons. The molecule has 3 atom stereocenters. The molecule has 3 aliphatic rings. The minimum atomic E-state index is -0.305. The van der Waals surface area contributed by atoms with E-state index in [0.29, 0.717) is 17.4 Å². The Hall–Kier alpha value is -1.57. The summed E-state index contributed by atoms with van der Waals surface area (Å²) < 4.78 is 4.77. The third kappa shape index (κ3) is 3.11. The monoisotopic (exact) mass is 300 g/mol. The lowest BCUT2D eigenvalue weighted by molar-refractivity contribution is -0.135. The Bertz CT molecular complexity index is 526. The summed E-state index contributed by atoms with van der Waals surface area (Å²) in [7, 11) is 1.40. The van der Waals surface area contributed by atoms with Gasteiger partial charge in [0.1, 0.15) is 0 Å². The highest BCUT2D eigenvalue weighted by Crippen LogP contribution is 2.59. The number of fused-ring (bicyclic) bond motifs is 3. The topological polar surface area (TPSA) is 26.3 Å². The summed E-state index contributed by atoms with van der Waals surface area (Å²) in [6.07, 6.45) is 10.3. The molecule has 3 saturated carbocycles. The van der Waals surface area contributed by atoms with Gasteiger partial charge in [-0.3, -0.25) is 0 Å². The van der Waals surface area contributed by atoms with Crippen molar-refractivity contribution in [3.8, 4) is 0 Å². The van der Waals surface area contributed by atoms with Crippen LogP contribution >= 0.6 is 0 Å². The Morgan fingerprint density at radius 2 is 2.23 bits per heavy atom. The molecule has 0 saturated heterocycles. The summed E-state index contributed by atoms with van der Waals surface area (Å²) in [5, 5.41) is 0. The minimum absolute atomic E-state index is 0.288. The normalized spacial score (nSPS) is 31.0. The quantitative estimate of drug-likeness (QED) is 0.299. The van der Waals surface area contributed by atoms with E-state index in [9.17, 15) is 4.79 Å². The van der Waals surface area contributed by atoms with Crippen LogP contribution in [0, 0.1) is 17.3 Å². The van der Waals surface area contributed by atoms with Gasteiger partial charge in [0.2, 0.25) is 0 Å². The van der Waals surface area contributed by atoms with Crippen LogP contribution in [-0.4, -0.2) is 13.1 Å². The predicted octanol–water partition coefficient (Wildman–Crippen LogP) is 4.99. The van der Waals surface area contributed by atoms with Crippen molar-refractivity contribution in [3.63, 3.8) is 0 Å². The van der Waals surface area contributed by atoms with Crippen LogP contribution in [0.25, 0.3) is 0 Å². The highest BCUT2D eigenvalue weighted by atomic mass is 16.5. The van der Waals surface area contributed by atoms with Gasteiger partial charge < -0.3 is 4.74 Å². The smallest absolute Gasteiger partial charge is 0.337 e. The first-order chi connectivity index (χ1) is 10.4. The van der Waals surface area contributed by atoms with Crippen molar-refractivity contribution >= 4 is 5.97 Å². The molecule has 0 amide bonds. The maximum absolute atomic E-state index is 11.6. The number of esters is 1. The van der Waals surface area contributed by atoms with Crippen molar-refractivity contribution in [1.29, 1.82) is 0 Å². The summed E-state index contributed by atoms with van der Waals surface area (Å²) >= 11 is 0. The Kier molecular flexibility index (Phi) is 5.10. The molecule has 0 spiro atoms. The zero-order chi connectivity index (χ0) is 16.3. The average molecular weight is 300 g/mol.